The van der Waals surface area contributed by atoms with Crippen LogP contribution in [0.3, 0.4) is 0 Å². The maximum Gasteiger partial charge on any atom is 0.163 e. The first-order valence-electron chi connectivity index (χ1n) is 8.43. The molecule has 2 N–H and O–H groups in total. The molecule has 0 fully saturated rings. The lowest BCUT2D eigenvalue weighted by atomic mass is 10.2. The van der Waals surface area contributed by atoms with Gasteiger partial charge < -0.3 is 29.4 Å². The highest BCUT2D eigenvalue weighted by atomic mass is 16.6. The van der Waals surface area contributed by atoms with Crippen molar-refractivity contribution in [2.75, 3.05) is 38.4 Å². The molecular formula is C19H23NO5. The van der Waals surface area contributed by atoms with E-state index in [2.05, 4.69) is 5.32 Å². The highest BCUT2D eigenvalue weighted by Crippen LogP contribution is 2.33. The van der Waals surface area contributed by atoms with Crippen LogP contribution in [0.15, 0.2) is 36.4 Å². The van der Waals surface area contributed by atoms with Gasteiger partial charge in [-0.25, -0.2) is 0 Å². The fourth-order valence-electron chi connectivity index (χ4n) is 2.56. The molecule has 0 amide bonds. The topological polar surface area (TPSA) is 69.2 Å². The van der Waals surface area contributed by atoms with Gasteiger partial charge in [-0.1, -0.05) is 6.07 Å². The second kappa shape index (κ2) is 8.48. The summed E-state index contributed by atoms with van der Waals surface area (Å²) in [5.74, 6) is 2.86. The standard InChI is InChI=1S/C19H23NO5/c1-2-22-18-11-14(3-5-16(18)23-8-7-21)13-20-15-4-6-17-19(12-15)25-10-9-24-17/h3-6,11-12,20-21H,2,7-10,13H2,1H3. The van der Waals surface area contributed by atoms with Gasteiger partial charge in [-0.05, 0) is 36.8 Å². The Labute approximate surface area is 147 Å². The van der Waals surface area contributed by atoms with Crippen molar-refractivity contribution < 1.29 is 24.1 Å². The number of aliphatic hydroxyl groups excluding tert-OH is 1. The van der Waals surface area contributed by atoms with Crippen molar-refractivity contribution in [3.63, 3.8) is 0 Å². The third-order valence-electron chi connectivity index (χ3n) is 3.70. The number of ether oxygens (including phenoxy) is 4. The molecule has 0 aromatic heterocycles. The van der Waals surface area contributed by atoms with Gasteiger partial charge in [0, 0.05) is 18.3 Å². The van der Waals surface area contributed by atoms with Gasteiger partial charge in [0.2, 0.25) is 0 Å². The van der Waals surface area contributed by atoms with Crippen LogP contribution in [0.1, 0.15) is 12.5 Å². The van der Waals surface area contributed by atoms with Crippen LogP contribution in [-0.4, -0.2) is 38.1 Å². The van der Waals surface area contributed by atoms with E-state index in [1.807, 2.05) is 43.3 Å². The van der Waals surface area contributed by atoms with Gasteiger partial charge in [0.25, 0.3) is 0 Å². The predicted octanol–water partition coefficient (Wildman–Crippen LogP) is 2.84. The largest absolute Gasteiger partial charge is 0.490 e. The number of hydrogen-bond acceptors (Lipinski definition) is 6. The first kappa shape index (κ1) is 17.2. The SMILES string of the molecule is CCOc1cc(CNc2ccc3c(c2)OCCO3)ccc1OCCO. The maximum absolute atomic E-state index is 8.90. The fourth-order valence-corrected chi connectivity index (χ4v) is 2.56. The number of hydrogen-bond donors (Lipinski definition) is 2. The molecule has 1 heterocycles. The Morgan fingerprint density at radius 1 is 1.00 bits per heavy atom. The van der Waals surface area contributed by atoms with Crippen molar-refractivity contribution in [3.05, 3.63) is 42.0 Å². The van der Waals surface area contributed by atoms with Gasteiger partial charge in [-0.3, -0.25) is 0 Å². The van der Waals surface area contributed by atoms with E-state index in [1.165, 1.54) is 0 Å². The molecule has 134 valence electrons. The molecule has 0 saturated heterocycles. The zero-order valence-corrected chi connectivity index (χ0v) is 14.3. The summed E-state index contributed by atoms with van der Waals surface area (Å²) in [6.07, 6.45) is 0. The van der Waals surface area contributed by atoms with E-state index in [0.717, 1.165) is 22.7 Å². The molecule has 3 rings (SSSR count). The summed E-state index contributed by atoms with van der Waals surface area (Å²) in [5.41, 5.74) is 2.03. The molecule has 1 aliphatic heterocycles. The van der Waals surface area contributed by atoms with E-state index in [-0.39, 0.29) is 13.2 Å². The van der Waals surface area contributed by atoms with Crippen LogP contribution in [0, 0.1) is 0 Å². The molecule has 0 atom stereocenters. The van der Waals surface area contributed by atoms with E-state index in [9.17, 15) is 0 Å². The summed E-state index contributed by atoms with van der Waals surface area (Å²) in [6, 6.07) is 11.6. The number of fused-ring (bicyclic) bond motifs is 1. The van der Waals surface area contributed by atoms with Crippen molar-refractivity contribution in [1.82, 2.24) is 0 Å². The van der Waals surface area contributed by atoms with Gasteiger partial charge >= 0.3 is 0 Å². The molecule has 0 bridgehead atoms. The van der Waals surface area contributed by atoms with Crippen LogP contribution in [0.5, 0.6) is 23.0 Å². The van der Waals surface area contributed by atoms with Crippen LogP contribution < -0.4 is 24.3 Å². The lowest BCUT2D eigenvalue weighted by Crippen LogP contribution is -2.15. The van der Waals surface area contributed by atoms with Gasteiger partial charge in [-0.15, -0.1) is 0 Å². The summed E-state index contributed by atoms with van der Waals surface area (Å²) in [5, 5.41) is 12.3. The quantitative estimate of drug-likeness (QED) is 0.767. The Bertz CT molecular complexity index is 704. The zero-order chi connectivity index (χ0) is 17.5. The minimum Gasteiger partial charge on any atom is -0.490 e. The van der Waals surface area contributed by atoms with Crippen molar-refractivity contribution in [2.45, 2.75) is 13.5 Å². The molecule has 0 saturated carbocycles. The highest BCUT2D eigenvalue weighted by Gasteiger charge is 2.12. The van der Waals surface area contributed by atoms with E-state index in [0.29, 0.717) is 37.9 Å². The normalized spacial score (nSPS) is 12.6. The zero-order valence-electron chi connectivity index (χ0n) is 14.3. The lowest BCUT2D eigenvalue weighted by Gasteiger charge is -2.19. The monoisotopic (exact) mass is 345 g/mol. The summed E-state index contributed by atoms with van der Waals surface area (Å²) < 4.78 is 22.2. The molecule has 1 aliphatic rings. The fraction of sp³-hybridized carbons (Fsp3) is 0.368. The molecule has 0 aliphatic carbocycles. The van der Waals surface area contributed by atoms with Crippen LogP contribution in [0.2, 0.25) is 0 Å². The average Bonchev–Trinajstić information content (AvgIpc) is 2.65. The van der Waals surface area contributed by atoms with Crippen molar-refractivity contribution >= 4 is 5.69 Å². The number of benzene rings is 2. The maximum atomic E-state index is 8.90. The number of aliphatic hydroxyl groups is 1. The second-order valence-corrected chi connectivity index (χ2v) is 5.50. The third-order valence-corrected chi connectivity index (χ3v) is 3.70. The van der Waals surface area contributed by atoms with E-state index < -0.39 is 0 Å². The Kier molecular flexibility index (Phi) is 5.85. The first-order valence-corrected chi connectivity index (χ1v) is 8.43. The van der Waals surface area contributed by atoms with Crippen LogP contribution >= 0.6 is 0 Å². The molecule has 0 radical (unpaired) electrons. The molecule has 0 unspecified atom stereocenters. The molecule has 6 heteroatoms. The minimum atomic E-state index is -0.0288. The first-order chi connectivity index (χ1) is 12.3. The van der Waals surface area contributed by atoms with Gasteiger partial charge in [0.05, 0.1) is 13.2 Å². The Balaban J connectivity index is 1.67. The van der Waals surface area contributed by atoms with E-state index in [4.69, 9.17) is 24.1 Å². The van der Waals surface area contributed by atoms with Crippen molar-refractivity contribution in [1.29, 1.82) is 0 Å². The molecule has 25 heavy (non-hydrogen) atoms. The Morgan fingerprint density at radius 3 is 2.64 bits per heavy atom. The second-order valence-electron chi connectivity index (χ2n) is 5.50. The van der Waals surface area contributed by atoms with Crippen molar-refractivity contribution in [3.8, 4) is 23.0 Å². The van der Waals surface area contributed by atoms with Crippen LogP contribution in [0.4, 0.5) is 5.69 Å². The van der Waals surface area contributed by atoms with Crippen LogP contribution in [0.25, 0.3) is 0 Å². The molecule has 0 spiro atoms. The average molecular weight is 345 g/mol. The van der Waals surface area contributed by atoms with Gasteiger partial charge in [0.1, 0.15) is 19.8 Å². The molecule has 2 aromatic rings. The Morgan fingerprint density at radius 2 is 1.84 bits per heavy atom. The molecule has 2 aromatic carbocycles. The predicted molar refractivity (Wildman–Crippen MR) is 95.0 cm³/mol. The number of nitrogens with one attached hydrogen (secondary N) is 1. The molecular weight excluding hydrogens is 322 g/mol. The number of rotatable bonds is 8. The Hall–Kier alpha value is -2.60. The molecule has 6 nitrogen and oxygen atoms in total. The summed E-state index contributed by atoms with van der Waals surface area (Å²) in [7, 11) is 0. The van der Waals surface area contributed by atoms with E-state index in [1.54, 1.807) is 0 Å². The van der Waals surface area contributed by atoms with Crippen LogP contribution in [-0.2, 0) is 6.54 Å². The summed E-state index contributed by atoms with van der Waals surface area (Å²) in [4.78, 5) is 0. The minimum absolute atomic E-state index is 0.0288. The lowest BCUT2D eigenvalue weighted by molar-refractivity contribution is 0.171. The third kappa shape index (κ3) is 4.48. The van der Waals surface area contributed by atoms with E-state index >= 15 is 0 Å². The highest BCUT2D eigenvalue weighted by molar-refractivity contribution is 5.55. The summed E-state index contributed by atoms with van der Waals surface area (Å²) in [6.45, 7) is 4.49. The van der Waals surface area contributed by atoms with Crippen molar-refractivity contribution in [2.24, 2.45) is 0 Å². The van der Waals surface area contributed by atoms with Gasteiger partial charge in [-0.2, -0.15) is 0 Å². The smallest absolute Gasteiger partial charge is 0.163 e. The number of anilines is 1. The summed E-state index contributed by atoms with van der Waals surface area (Å²) >= 11 is 0. The van der Waals surface area contributed by atoms with Gasteiger partial charge in [0.15, 0.2) is 23.0 Å².